The first-order valence-electron chi connectivity index (χ1n) is 7.61. The first kappa shape index (κ1) is 14.7. The molecule has 0 aromatic heterocycles. The molecule has 0 radical (unpaired) electrons. The van der Waals surface area contributed by atoms with Crippen LogP contribution in [-0.4, -0.2) is 30.9 Å². The van der Waals surface area contributed by atoms with E-state index in [9.17, 15) is 4.79 Å². The molecular weight excluding hydrogens is 284 g/mol. The van der Waals surface area contributed by atoms with E-state index in [2.05, 4.69) is 0 Å². The van der Waals surface area contributed by atoms with Crippen molar-refractivity contribution in [3.05, 3.63) is 18.2 Å². The maximum Gasteiger partial charge on any atom is 0.227 e. The van der Waals surface area contributed by atoms with Crippen LogP contribution in [0.3, 0.4) is 0 Å². The van der Waals surface area contributed by atoms with Gasteiger partial charge in [-0.2, -0.15) is 0 Å². The van der Waals surface area contributed by atoms with Crippen LogP contribution in [0.4, 0.5) is 11.4 Å². The Kier molecular flexibility index (Phi) is 4.40. The molecule has 5 heteroatoms. The van der Waals surface area contributed by atoms with Gasteiger partial charge in [0.15, 0.2) is 0 Å². The van der Waals surface area contributed by atoms with Crippen molar-refractivity contribution in [3.63, 3.8) is 0 Å². The van der Waals surface area contributed by atoms with E-state index < -0.39 is 0 Å². The Hall–Kier alpha value is -1.20. The number of benzene rings is 1. The molecule has 0 unspecified atom stereocenters. The van der Waals surface area contributed by atoms with Crippen molar-refractivity contribution in [1.82, 2.24) is 0 Å². The van der Waals surface area contributed by atoms with Gasteiger partial charge in [-0.05, 0) is 43.9 Å². The average molecular weight is 306 g/mol. The number of carbonyl (C=O) groups excluding carboxylic acids is 1. The van der Waals surface area contributed by atoms with Crippen LogP contribution in [0.2, 0.25) is 0 Å². The van der Waals surface area contributed by atoms with Crippen molar-refractivity contribution in [2.24, 2.45) is 5.92 Å². The molecule has 1 saturated carbocycles. The number of hydrogen-bond acceptors (Lipinski definition) is 4. The Morgan fingerprint density at radius 1 is 1.48 bits per heavy atom. The predicted octanol–water partition coefficient (Wildman–Crippen LogP) is 2.91. The molecule has 1 aliphatic carbocycles. The quantitative estimate of drug-likeness (QED) is 0.869. The summed E-state index contributed by atoms with van der Waals surface area (Å²) >= 11 is 1.79. The van der Waals surface area contributed by atoms with Crippen LogP contribution in [0.15, 0.2) is 23.1 Å². The Morgan fingerprint density at radius 2 is 2.29 bits per heavy atom. The second kappa shape index (κ2) is 6.28. The number of rotatable bonds is 4. The Balaban J connectivity index is 1.63. The van der Waals surface area contributed by atoms with E-state index in [1.54, 1.807) is 11.8 Å². The molecule has 1 amide bonds. The van der Waals surface area contributed by atoms with Crippen LogP contribution >= 0.6 is 11.8 Å². The normalized spacial score (nSPS) is 24.3. The van der Waals surface area contributed by atoms with Crippen LogP contribution in [0.1, 0.15) is 26.2 Å². The van der Waals surface area contributed by atoms with E-state index in [-0.39, 0.29) is 5.91 Å². The van der Waals surface area contributed by atoms with E-state index in [1.807, 2.05) is 30.0 Å². The highest BCUT2D eigenvalue weighted by Gasteiger charge is 2.33. The highest BCUT2D eigenvalue weighted by atomic mass is 32.2. The minimum Gasteiger partial charge on any atom is -0.399 e. The molecule has 2 N–H and O–H groups in total. The van der Waals surface area contributed by atoms with Crippen molar-refractivity contribution >= 4 is 29.0 Å². The van der Waals surface area contributed by atoms with E-state index in [0.29, 0.717) is 24.1 Å². The minimum absolute atomic E-state index is 0.224. The van der Waals surface area contributed by atoms with Gasteiger partial charge in [0.2, 0.25) is 5.91 Å². The monoisotopic (exact) mass is 306 g/mol. The van der Waals surface area contributed by atoms with Crippen LogP contribution in [-0.2, 0) is 9.53 Å². The molecule has 4 nitrogen and oxygen atoms in total. The molecule has 0 saturated heterocycles. The van der Waals surface area contributed by atoms with Gasteiger partial charge >= 0.3 is 0 Å². The molecule has 3 rings (SSSR count). The molecule has 0 bridgehead atoms. The molecule has 21 heavy (non-hydrogen) atoms. The minimum atomic E-state index is 0.224. The third-order valence-electron chi connectivity index (χ3n) is 4.21. The van der Waals surface area contributed by atoms with E-state index in [1.165, 1.54) is 0 Å². The number of carbonyl (C=O) groups is 1. The largest absolute Gasteiger partial charge is 0.399 e. The maximum absolute atomic E-state index is 12.6. The number of thioether (sulfide) groups is 1. The summed E-state index contributed by atoms with van der Waals surface area (Å²) in [5.74, 6) is 1.66. The molecular formula is C16H22N2O2S. The molecule has 1 heterocycles. The van der Waals surface area contributed by atoms with E-state index in [4.69, 9.17) is 10.5 Å². The first-order chi connectivity index (χ1) is 10.2. The van der Waals surface area contributed by atoms with Crippen LogP contribution < -0.4 is 10.6 Å². The average Bonchev–Trinajstić information content (AvgIpc) is 2.44. The third kappa shape index (κ3) is 3.19. The van der Waals surface area contributed by atoms with E-state index >= 15 is 0 Å². The second-order valence-electron chi connectivity index (χ2n) is 5.74. The molecule has 114 valence electrons. The fraction of sp³-hybridized carbons (Fsp3) is 0.562. The predicted molar refractivity (Wildman–Crippen MR) is 86.7 cm³/mol. The molecule has 1 aromatic rings. The summed E-state index contributed by atoms with van der Waals surface area (Å²) in [5.41, 5.74) is 7.57. The number of ether oxygens (including phenoxy) is 1. The summed E-state index contributed by atoms with van der Waals surface area (Å²) in [6.45, 7) is 3.56. The van der Waals surface area contributed by atoms with Crippen molar-refractivity contribution in [2.45, 2.75) is 37.2 Å². The smallest absolute Gasteiger partial charge is 0.227 e. The van der Waals surface area contributed by atoms with Crippen molar-refractivity contribution in [1.29, 1.82) is 0 Å². The fourth-order valence-electron chi connectivity index (χ4n) is 3.06. The first-order valence-corrected chi connectivity index (χ1v) is 8.60. The standard InChI is InChI=1S/C16H22N2O2S/c1-2-20-13-7-11(8-13)9-16(19)18-5-6-21-15-4-3-12(17)10-14(15)18/h3-4,10-11,13H,2,5-9,17H2,1H3. The Bertz CT molecular complexity index is 529. The van der Waals surface area contributed by atoms with E-state index in [0.717, 1.165) is 42.3 Å². The van der Waals surface area contributed by atoms with Gasteiger partial charge in [-0.1, -0.05) is 0 Å². The van der Waals surface area contributed by atoms with Gasteiger partial charge in [0, 0.05) is 35.9 Å². The lowest BCUT2D eigenvalue weighted by Gasteiger charge is -2.36. The van der Waals surface area contributed by atoms with Gasteiger partial charge in [0.05, 0.1) is 11.8 Å². The second-order valence-corrected chi connectivity index (χ2v) is 6.88. The number of fused-ring (bicyclic) bond motifs is 1. The van der Waals surface area contributed by atoms with Gasteiger partial charge in [-0.15, -0.1) is 11.8 Å². The van der Waals surface area contributed by atoms with Crippen LogP contribution in [0, 0.1) is 5.92 Å². The number of nitrogen functional groups attached to an aromatic ring is 1. The summed E-state index contributed by atoms with van der Waals surface area (Å²) in [6.07, 6.45) is 3.04. The SMILES string of the molecule is CCOC1CC(CC(=O)N2CCSc3ccc(N)cc32)C1. The number of hydrogen-bond donors (Lipinski definition) is 1. The summed E-state index contributed by atoms with van der Waals surface area (Å²) < 4.78 is 5.56. The zero-order chi connectivity index (χ0) is 14.8. The van der Waals surface area contributed by atoms with Crippen LogP contribution in [0.5, 0.6) is 0 Å². The molecule has 0 spiro atoms. The third-order valence-corrected chi connectivity index (χ3v) is 5.25. The number of nitrogens with two attached hydrogens (primary N) is 1. The Morgan fingerprint density at radius 3 is 3.05 bits per heavy atom. The summed E-state index contributed by atoms with van der Waals surface area (Å²) in [4.78, 5) is 15.6. The van der Waals surface area contributed by atoms with Crippen molar-refractivity contribution in [2.75, 3.05) is 29.5 Å². The van der Waals surface area contributed by atoms with Crippen LogP contribution in [0.25, 0.3) is 0 Å². The summed E-state index contributed by atoms with van der Waals surface area (Å²) in [6, 6.07) is 5.84. The lowest BCUT2D eigenvalue weighted by atomic mass is 9.79. The van der Waals surface area contributed by atoms with Crippen molar-refractivity contribution < 1.29 is 9.53 Å². The lowest BCUT2D eigenvalue weighted by molar-refractivity contribution is -0.121. The van der Waals surface area contributed by atoms with Gasteiger partial charge in [-0.25, -0.2) is 0 Å². The molecule has 1 aliphatic heterocycles. The number of amides is 1. The highest BCUT2D eigenvalue weighted by molar-refractivity contribution is 7.99. The lowest BCUT2D eigenvalue weighted by Crippen LogP contribution is -2.40. The topological polar surface area (TPSA) is 55.6 Å². The number of nitrogens with zero attached hydrogens (tertiary/aromatic N) is 1. The molecule has 1 aromatic carbocycles. The fourth-order valence-corrected chi connectivity index (χ4v) is 4.04. The summed E-state index contributed by atoms with van der Waals surface area (Å²) in [5, 5.41) is 0. The molecule has 1 fully saturated rings. The number of anilines is 2. The zero-order valence-corrected chi connectivity index (χ0v) is 13.2. The van der Waals surface area contributed by atoms with Crippen molar-refractivity contribution in [3.8, 4) is 0 Å². The van der Waals surface area contributed by atoms with Gasteiger partial charge in [0.1, 0.15) is 0 Å². The maximum atomic E-state index is 12.6. The van der Waals surface area contributed by atoms with Gasteiger partial charge in [0.25, 0.3) is 0 Å². The van der Waals surface area contributed by atoms with Gasteiger partial charge < -0.3 is 15.4 Å². The summed E-state index contributed by atoms with van der Waals surface area (Å²) in [7, 11) is 0. The van der Waals surface area contributed by atoms with Gasteiger partial charge in [-0.3, -0.25) is 4.79 Å². The Labute approximate surface area is 130 Å². The zero-order valence-electron chi connectivity index (χ0n) is 12.4. The molecule has 0 atom stereocenters. The highest BCUT2D eigenvalue weighted by Crippen LogP contribution is 2.38. The molecule has 2 aliphatic rings.